The third-order valence-electron chi connectivity index (χ3n) is 3.27. The van der Waals surface area contributed by atoms with Crippen LogP contribution < -0.4 is 5.73 Å². The van der Waals surface area contributed by atoms with Crippen LogP contribution in [-0.4, -0.2) is 9.55 Å². The molecule has 0 saturated heterocycles. The molecule has 0 bridgehead atoms. The van der Waals surface area contributed by atoms with Gasteiger partial charge in [-0.05, 0) is 31.4 Å². The molecule has 2 rings (SSSR count). The summed E-state index contributed by atoms with van der Waals surface area (Å²) in [4.78, 5) is 4.16. The average molecular weight is 261 g/mol. The fourth-order valence-electron chi connectivity index (χ4n) is 2.27. The number of imidazole rings is 1. The van der Waals surface area contributed by atoms with Crippen LogP contribution in [0.25, 0.3) is 5.69 Å². The van der Waals surface area contributed by atoms with Crippen LogP contribution >= 0.6 is 0 Å². The maximum absolute atomic E-state index is 13.6. The van der Waals surface area contributed by atoms with E-state index in [1.807, 2.05) is 10.6 Å². The average Bonchev–Trinajstić information content (AvgIpc) is 2.80. The van der Waals surface area contributed by atoms with Gasteiger partial charge in [0.05, 0.1) is 23.9 Å². The van der Waals surface area contributed by atoms with Crippen molar-refractivity contribution in [3.63, 3.8) is 0 Å². The Morgan fingerprint density at radius 1 is 1.37 bits per heavy atom. The lowest BCUT2D eigenvalue weighted by molar-refractivity contribution is 0.497. The molecule has 0 fully saturated rings. The lowest BCUT2D eigenvalue weighted by Crippen LogP contribution is -2.17. The van der Waals surface area contributed by atoms with Gasteiger partial charge in [0.2, 0.25) is 0 Å². The number of halogens is 1. The fourth-order valence-corrected chi connectivity index (χ4v) is 2.27. The van der Waals surface area contributed by atoms with Gasteiger partial charge in [0.25, 0.3) is 0 Å². The van der Waals surface area contributed by atoms with Crippen molar-refractivity contribution in [2.24, 2.45) is 11.7 Å². The molecule has 1 unspecified atom stereocenters. The Balaban J connectivity index is 2.41. The molecule has 0 amide bonds. The van der Waals surface area contributed by atoms with E-state index in [9.17, 15) is 4.39 Å². The Labute approximate surface area is 113 Å². The summed E-state index contributed by atoms with van der Waals surface area (Å²) in [7, 11) is 0. The zero-order chi connectivity index (χ0) is 14.0. The predicted molar refractivity (Wildman–Crippen MR) is 74.6 cm³/mol. The highest BCUT2D eigenvalue weighted by Crippen LogP contribution is 2.24. The molecule has 0 saturated carbocycles. The summed E-state index contributed by atoms with van der Waals surface area (Å²) in [5.74, 6) is 0.293. The minimum atomic E-state index is -0.213. The Kier molecular flexibility index (Phi) is 4.00. The van der Waals surface area contributed by atoms with Crippen molar-refractivity contribution in [3.8, 4) is 5.69 Å². The Bertz CT molecular complexity index is 560. The van der Waals surface area contributed by atoms with Crippen LogP contribution in [0.2, 0.25) is 0 Å². The molecule has 0 aliphatic heterocycles. The normalized spacial score (nSPS) is 12.9. The summed E-state index contributed by atoms with van der Waals surface area (Å²) in [5, 5.41) is 0. The molecule has 1 aromatic heterocycles. The number of benzene rings is 1. The van der Waals surface area contributed by atoms with Crippen molar-refractivity contribution in [3.05, 3.63) is 47.8 Å². The quantitative estimate of drug-likeness (QED) is 0.917. The second-order valence-corrected chi connectivity index (χ2v) is 5.31. The summed E-state index contributed by atoms with van der Waals surface area (Å²) >= 11 is 0. The number of nitrogens with zero attached hydrogens (tertiary/aromatic N) is 2. The summed E-state index contributed by atoms with van der Waals surface area (Å²) in [6, 6.07) is 4.95. The molecule has 0 aliphatic carbocycles. The molecular formula is C15H20FN3. The molecule has 102 valence electrons. The highest BCUT2D eigenvalue weighted by Gasteiger charge is 2.16. The van der Waals surface area contributed by atoms with Gasteiger partial charge >= 0.3 is 0 Å². The fraction of sp³-hybridized carbons (Fsp3) is 0.400. The standard InChI is InChI=1S/C15H20FN3/c1-10(2)7-13(17)15-8-18-9-19(15)14-6-4-5-12(16)11(14)3/h4-6,8-10,13H,7,17H2,1-3H3. The van der Waals surface area contributed by atoms with Crippen LogP contribution in [0.1, 0.15) is 37.6 Å². The SMILES string of the molecule is Cc1c(F)cccc1-n1cncc1C(N)CC(C)C. The smallest absolute Gasteiger partial charge is 0.128 e. The van der Waals surface area contributed by atoms with E-state index in [1.54, 1.807) is 25.5 Å². The van der Waals surface area contributed by atoms with Crippen LogP contribution in [0.5, 0.6) is 0 Å². The molecule has 2 N–H and O–H groups in total. The molecule has 1 aromatic carbocycles. The molecular weight excluding hydrogens is 241 g/mol. The molecule has 1 heterocycles. The second-order valence-electron chi connectivity index (χ2n) is 5.31. The van der Waals surface area contributed by atoms with E-state index in [4.69, 9.17) is 5.73 Å². The largest absolute Gasteiger partial charge is 0.323 e. The minimum absolute atomic E-state index is 0.0924. The van der Waals surface area contributed by atoms with Crippen molar-refractivity contribution in [1.82, 2.24) is 9.55 Å². The minimum Gasteiger partial charge on any atom is -0.323 e. The van der Waals surface area contributed by atoms with Gasteiger partial charge in [0.1, 0.15) is 5.82 Å². The van der Waals surface area contributed by atoms with Crippen LogP contribution in [0.15, 0.2) is 30.7 Å². The molecule has 4 heteroatoms. The first-order valence-electron chi connectivity index (χ1n) is 6.54. The zero-order valence-corrected chi connectivity index (χ0v) is 11.6. The highest BCUT2D eigenvalue weighted by atomic mass is 19.1. The number of aromatic nitrogens is 2. The van der Waals surface area contributed by atoms with E-state index in [2.05, 4.69) is 18.8 Å². The van der Waals surface area contributed by atoms with Crippen molar-refractivity contribution < 1.29 is 4.39 Å². The van der Waals surface area contributed by atoms with Crippen LogP contribution in [0.4, 0.5) is 4.39 Å². The van der Waals surface area contributed by atoms with Crippen molar-refractivity contribution >= 4 is 0 Å². The van der Waals surface area contributed by atoms with Crippen LogP contribution in [-0.2, 0) is 0 Å². The molecule has 0 aliphatic rings. The van der Waals surface area contributed by atoms with E-state index < -0.39 is 0 Å². The summed E-state index contributed by atoms with van der Waals surface area (Å²) in [6.45, 7) is 6.03. The monoisotopic (exact) mass is 261 g/mol. The third kappa shape index (κ3) is 2.84. The number of nitrogens with two attached hydrogens (primary N) is 1. The first-order chi connectivity index (χ1) is 9.00. The summed E-state index contributed by atoms with van der Waals surface area (Å²) < 4.78 is 15.5. The van der Waals surface area contributed by atoms with E-state index >= 15 is 0 Å². The van der Waals surface area contributed by atoms with Crippen LogP contribution in [0.3, 0.4) is 0 Å². The molecule has 3 nitrogen and oxygen atoms in total. The Morgan fingerprint density at radius 3 is 2.79 bits per heavy atom. The van der Waals surface area contributed by atoms with Crippen molar-refractivity contribution in [1.29, 1.82) is 0 Å². The van der Waals surface area contributed by atoms with E-state index in [1.165, 1.54) is 6.07 Å². The predicted octanol–water partition coefficient (Wildman–Crippen LogP) is 3.37. The molecule has 0 spiro atoms. The van der Waals surface area contributed by atoms with Gasteiger partial charge in [0, 0.05) is 11.6 Å². The van der Waals surface area contributed by atoms with E-state index in [-0.39, 0.29) is 11.9 Å². The number of hydrogen-bond donors (Lipinski definition) is 1. The Hall–Kier alpha value is -1.68. The third-order valence-corrected chi connectivity index (χ3v) is 3.27. The first-order valence-corrected chi connectivity index (χ1v) is 6.54. The highest BCUT2D eigenvalue weighted by molar-refractivity contribution is 5.42. The van der Waals surface area contributed by atoms with E-state index in [0.717, 1.165) is 17.8 Å². The van der Waals surface area contributed by atoms with Crippen molar-refractivity contribution in [2.75, 3.05) is 0 Å². The van der Waals surface area contributed by atoms with Gasteiger partial charge < -0.3 is 10.3 Å². The van der Waals surface area contributed by atoms with E-state index in [0.29, 0.717) is 11.5 Å². The maximum Gasteiger partial charge on any atom is 0.128 e. The van der Waals surface area contributed by atoms with Crippen LogP contribution in [0, 0.1) is 18.7 Å². The first kappa shape index (κ1) is 13.7. The van der Waals surface area contributed by atoms with Crippen molar-refractivity contribution in [2.45, 2.75) is 33.2 Å². The summed E-state index contributed by atoms with van der Waals surface area (Å²) in [5.41, 5.74) is 8.54. The van der Waals surface area contributed by atoms with Gasteiger partial charge in [-0.1, -0.05) is 19.9 Å². The lowest BCUT2D eigenvalue weighted by Gasteiger charge is -2.17. The van der Waals surface area contributed by atoms with Gasteiger partial charge in [-0.25, -0.2) is 9.37 Å². The zero-order valence-electron chi connectivity index (χ0n) is 11.6. The summed E-state index contributed by atoms with van der Waals surface area (Å²) in [6.07, 6.45) is 4.33. The molecule has 1 atom stereocenters. The molecule has 19 heavy (non-hydrogen) atoms. The lowest BCUT2D eigenvalue weighted by atomic mass is 10.0. The topological polar surface area (TPSA) is 43.8 Å². The van der Waals surface area contributed by atoms with Gasteiger partial charge in [-0.15, -0.1) is 0 Å². The van der Waals surface area contributed by atoms with Gasteiger partial charge in [-0.2, -0.15) is 0 Å². The maximum atomic E-state index is 13.6. The van der Waals surface area contributed by atoms with Gasteiger partial charge in [-0.3, -0.25) is 0 Å². The molecule has 0 radical (unpaired) electrons. The molecule has 2 aromatic rings. The Morgan fingerprint density at radius 2 is 2.11 bits per heavy atom. The van der Waals surface area contributed by atoms with Gasteiger partial charge in [0.15, 0.2) is 0 Å². The second kappa shape index (κ2) is 5.53. The number of rotatable bonds is 4. The number of hydrogen-bond acceptors (Lipinski definition) is 2.